The zero-order valence-corrected chi connectivity index (χ0v) is 12.8. The first-order valence-corrected chi connectivity index (χ1v) is 7.38. The monoisotopic (exact) mass is 280 g/mol. The molecule has 1 aromatic carbocycles. The number of nitrogens with one attached hydrogen (secondary N) is 1. The normalized spacial score (nSPS) is 23.4. The van der Waals surface area contributed by atoms with Gasteiger partial charge in [-0.2, -0.15) is 0 Å². The molecule has 0 spiro atoms. The van der Waals surface area contributed by atoms with Crippen molar-refractivity contribution in [1.29, 1.82) is 0 Å². The summed E-state index contributed by atoms with van der Waals surface area (Å²) in [7, 11) is 0. The summed E-state index contributed by atoms with van der Waals surface area (Å²) in [6.45, 7) is 10.7. The maximum atomic E-state index is 13.5. The lowest BCUT2D eigenvalue weighted by atomic mass is 10.1. The van der Waals surface area contributed by atoms with Crippen LogP contribution in [0.1, 0.15) is 33.3 Å². The zero-order valence-electron chi connectivity index (χ0n) is 12.8. The highest BCUT2D eigenvalue weighted by Crippen LogP contribution is 2.25. The second-order valence-electron chi connectivity index (χ2n) is 5.97. The Morgan fingerprint density at radius 2 is 1.95 bits per heavy atom. The first kappa shape index (κ1) is 15.3. The van der Waals surface area contributed by atoms with Crippen LogP contribution in [0.3, 0.4) is 0 Å². The Morgan fingerprint density at radius 1 is 1.30 bits per heavy atom. The lowest BCUT2D eigenvalue weighted by Crippen LogP contribution is -2.46. The summed E-state index contributed by atoms with van der Waals surface area (Å²) in [6, 6.07) is 5.44. The van der Waals surface area contributed by atoms with Crippen LogP contribution in [-0.4, -0.2) is 31.3 Å². The molecule has 1 saturated heterocycles. The molecule has 2 unspecified atom stereocenters. The minimum atomic E-state index is -0.177. The second-order valence-corrected chi connectivity index (χ2v) is 5.97. The predicted molar refractivity (Wildman–Crippen MR) is 80.6 cm³/mol. The molecule has 0 bridgehead atoms. The summed E-state index contributed by atoms with van der Waals surface area (Å²) >= 11 is 0. The van der Waals surface area contributed by atoms with Gasteiger partial charge in [0.2, 0.25) is 0 Å². The molecule has 1 N–H and O–H groups in total. The number of benzene rings is 1. The Morgan fingerprint density at radius 3 is 2.55 bits per heavy atom. The number of rotatable bonds is 4. The van der Waals surface area contributed by atoms with Crippen molar-refractivity contribution in [2.45, 2.75) is 52.5 Å². The maximum Gasteiger partial charge on any atom is 0.123 e. The fraction of sp³-hybridized carbons (Fsp3) is 0.625. The standard InChI is InChI=1S/C16H25FN2O/c1-11(2)18-8-14-7-15(17)5-6-16(14)19-9-12(3)20-13(4)10-19/h5-7,11-13,18H,8-10H2,1-4H3. The SMILES string of the molecule is CC(C)NCc1cc(F)ccc1N1CC(C)OC(C)C1. The predicted octanol–water partition coefficient (Wildman–Crippen LogP) is 2.94. The fourth-order valence-corrected chi connectivity index (χ4v) is 2.69. The Bertz CT molecular complexity index is 440. The molecule has 2 atom stereocenters. The van der Waals surface area contributed by atoms with E-state index < -0.39 is 0 Å². The van der Waals surface area contributed by atoms with Crippen molar-refractivity contribution in [3.8, 4) is 0 Å². The first-order chi connectivity index (χ1) is 9.45. The number of hydrogen-bond donors (Lipinski definition) is 1. The highest BCUT2D eigenvalue weighted by molar-refractivity contribution is 5.54. The largest absolute Gasteiger partial charge is 0.372 e. The molecule has 3 nitrogen and oxygen atoms in total. The second kappa shape index (κ2) is 6.55. The van der Waals surface area contributed by atoms with Crippen molar-refractivity contribution in [3.05, 3.63) is 29.6 Å². The molecule has 1 aliphatic heterocycles. The van der Waals surface area contributed by atoms with Gasteiger partial charge in [-0.1, -0.05) is 13.8 Å². The number of morpholine rings is 1. The topological polar surface area (TPSA) is 24.5 Å². The minimum Gasteiger partial charge on any atom is -0.372 e. The minimum absolute atomic E-state index is 0.177. The van der Waals surface area contributed by atoms with E-state index in [0.29, 0.717) is 12.6 Å². The summed E-state index contributed by atoms with van der Waals surface area (Å²) in [5.41, 5.74) is 2.13. The molecular weight excluding hydrogens is 255 g/mol. The number of hydrogen-bond acceptors (Lipinski definition) is 3. The molecule has 0 saturated carbocycles. The van der Waals surface area contributed by atoms with Gasteiger partial charge in [-0.05, 0) is 37.6 Å². The number of ether oxygens (including phenoxy) is 1. The summed E-state index contributed by atoms with van der Waals surface area (Å²) in [5, 5.41) is 3.37. The first-order valence-electron chi connectivity index (χ1n) is 7.38. The van der Waals surface area contributed by atoms with Gasteiger partial charge in [0.25, 0.3) is 0 Å². The third-order valence-electron chi connectivity index (χ3n) is 3.50. The van der Waals surface area contributed by atoms with Crippen molar-refractivity contribution < 1.29 is 9.13 Å². The van der Waals surface area contributed by atoms with Crippen molar-refractivity contribution >= 4 is 5.69 Å². The van der Waals surface area contributed by atoms with E-state index in [4.69, 9.17) is 4.74 Å². The summed E-state index contributed by atoms with van der Waals surface area (Å²) in [5.74, 6) is -0.177. The molecule has 0 aromatic heterocycles. The van der Waals surface area contributed by atoms with E-state index in [1.165, 1.54) is 0 Å². The lowest BCUT2D eigenvalue weighted by molar-refractivity contribution is -0.00526. The lowest BCUT2D eigenvalue weighted by Gasteiger charge is -2.38. The van der Waals surface area contributed by atoms with Crippen LogP contribution in [0.5, 0.6) is 0 Å². The molecule has 1 fully saturated rings. The van der Waals surface area contributed by atoms with Crippen LogP contribution >= 0.6 is 0 Å². The van der Waals surface area contributed by atoms with Gasteiger partial charge in [0.15, 0.2) is 0 Å². The number of halogens is 1. The van der Waals surface area contributed by atoms with E-state index in [2.05, 4.69) is 37.9 Å². The molecule has 20 heavy (non-hydrogen) atoms. The van der Waals surface area contributed by atoms with Crippen molar-refractivity contribution in [1.82, 2.24) is 5.32 Å². The molecule has 0 aliphatic carbocycles. The molecule has 0 amide bonds. The van der Waals surface area contributed by atoms with Crippen LogP contribution in [-0.2, 0) is 11.3 Å². The molecule has 4 heteroatoms. The Kier molecular flexibility index (Phi) is 5.00. The average Bonchev–Trinajstić information content (AvgIpc) is 2.35. The highest BCUT2D eigenvalue weighted by atomic mass is 19.1. The third-order valence-corrected chi connectivity index (χ3v) is 3.50. The molecule has 2 rings (SSSR count). The quantitative estimate of drug-likeness (QED) is 0.917. The van der Waals surface area contributed by atoms with Crippen LogP contribution < -0.4 is 10.2 Å². The van der Waals surface area contributed by atoms with E-state index in [9.17, 15) is 4.39 Å². The highest BCUT2D eigenvalue weighted by Gasteiger charge is 2.24. The molecule has 112 valence electrons. The molecule has 1 aliphatic rings. The van der Waals surface area contributed by atoms with Gasteiger partial charge in [0.1, 0.15) is 5.82 Å². The maximum absolute atomic E-state index is 13.5. The van der Waals surface area contributed by atoms with Crippen LogP contribution in [0.15, 0.2) is 18.2 Å². The van der Waals surface area contributed by atoms with E-state index in [1.54, 1.807) is 12.1 Å². The Hall–Kier alpha value is -1.13. The van der Waals surface area contributed by atoms with Gasteiger partial charge in [-0.25, -0.2) is 4.39 Å². The molecular formula is C16H25FN2O. The van der Waals surface area contributed by atoms with Gasteiger partial charge in [-0.15, -0.1) is 0 Å². The van der Waals surface area contributed by atoms with Gasteiger partial charge in [0.05, 0.1) is 12.2 Å². The van der Waals surface area contributed by atoms with Crippen LogP contribution in [0.4, 0.5) is 10.1 Å². The smallest absolute Gasteiger partial charge is 0.123 e. The van der Waals surface area contributed by atoms with E-state index >= 15 is 0 Å². The average molecular weight is 280 g/mol. The molecule has 0 radical (unpaired) electrons. The van der Waals surface area contributed by atoms with Crippen molar-refractivity contribution in [2.24, 2.45) is 0 Å². The summed E-state index contributed by atoms with van der Waals surface area (Å²) in [6.07, 6.45) is 0.407. The number of anilines is 1. The van der Waals surface area contributed by atoms with Gasteiger partial charge in [-0.3, -0.25) is 0 Å². The number of nitrogens with zero attached hydrogens (tertiary/aromatic N) is 1. The third kappa shape index (κ3) is 3.93. The zero-order chi connectivity index (χ0) is 14.7. The van der Waals surface area contributed by atoms with E-state index in [1.807, 2.05) is 6.07 Å². The van der Waals surface area contributed by atoms with Crippen molar-refractivity contribution in [3.63, 3.8) is 0 Å². The van der Waals surface area contributed by atoms with E-state index in [0.717, 1.165) is 24.3 Å². The summed E-state index contributed by atoms with van der Waals surface area (Å²) in [4.78, 5) is 2.30. The molecule has 1 aromatic rings. The van der Waals surface area contributed by atoms with Crippen LogP contribution in [0, 0.1) is 5.82 Å². The van der Waals surface area contributed by atoms with Crippen LogP contribution in [0.25, 0.3) is 0 Å². The van der Waals surface area contributed by atoms with Gasteiger partial charge < -0.3 is 15.0 Å². The Labute approximate surface area is 121 Å². The van der Waals surface area contributed by atoms with Gasteiger partial charge in [0, 0.05) is 31.4 Å². The summed E-state index contributed by atoms with van der Waals surface area (Å²) < 4.78 is 19.3. The Balaban J connectivity index is 2.21. The van der Waals surface area contributed by atoms with Crippen molar-refractivity contribution in [2.75, 3.05) is 18.0 Å². The van der Waals surface area contributed by atoms with Gasteiger partial charge >= 0.3 is 0 Å². The fourth-order valence-electron chi connectivity index (χ4n) is 2.69. The molecule has 1 heterocycles. The van der Waals surface area contributed by atoms with Crippen LogP contribution in [0.2, 0.25) is 0 Å². The van der Waals surface area contributed by atoms with E-state index in [-0.39, 0.29) is 18.0 Å².